The van der Waals surface area contributed by atoms with Gasteiger partial charge in [-0.15, -0.1) is 0 Å². The summed E-state index contributed by atoms with van der Waals surface area (Å²) in [4.78, 5) is 12.2. The number of carbonyl (C=O) groups is 1. The molecule has 0 bridgehead atoms. The summed E-state index contributed by atoms with van der Waals surface area (Å²) >= 11 is 0. The topological polar surface area (TPSA) is 38.3 Å². The van der Waals surface area contributed by atoms with Crippen LogP contribution in [0.4, 0.5) is 5.69 Å². The van der Waals surface area contributed by atoms with Gasteiger partial charge in [0.15, 0.2) is 0 Å². The van der Waals surface area contributed by atoms with Gasteiger partial charge in [-0.1, -0.05) is 51.3 Å². The van der Waals surface area contributed by atoms with E-state index in [1.807, 2.05) is 37.3 Å². The van der Waals surface area contributed by atoms with Crippen molar-refractivity contribution in [3.8, 4) is 0 Å². The van der Waals surface area contributed by atoms with Gasteiger partial charge in [-0.2, -0.15) is 0 Å². The molecule has 0 aliphatic carbocycles. The number of carbonyl (C=O) groups excluding carboxylic acids is 1. The molecule has 0 amide bonds. The Morgan fingerprint density at radius 2 is 1.90 bits per heavy atom. The molecule has 2 atom stereocenters. The van der Waals surface area contributed by atoms with E-state index in [4.69, 9.17) is 4.74 Å². The molecule has 1 aromatic carbocycles. The van der Waals surface area contributed by atoms with Gasteiger partial charge in [0.25, 0.3) is 0 Å². The molecule has 0 aliphatic rings. The minimum absolute atomic E-state index is 0.140. The van der Waals surface area contributed by atoms with Crippen LogP contribution in [0.2, 0.25) is 0 Å². The van der Waals surface area contributed by atoms with Gasteiger partial charge in [0.1, 0.15) is 6.04 Å². The summed E-state index contributed by atoms with van der Waals surface area (Å²) in [6.45, 7) is 6.59. The number of esters is 1. The maximum atomic E-state index is 12.2. The molecular formula is C17H27NO2. The van der Waals surface area contributed by atoms with Crippen molar-refractivity contribution in [2.24, 2.45) is 5.92 Å². The first-order valence-electron chi connectivity index (χ1n) is 7.71. The number of rotatable bonds is 9. The van der Waals surface area contributed by atoms with Crippen LogP contribution in [-0.2, 0) is 9.53 Å². The average molecular weight is 277 g/mol. The summed E-state index contributed by atoms with van der Waals surface area (Å²) < 4.78 is 5.24. The maximum absolute atomic E-state index is 12.2. The molecule has 0 saturated heterocycles. The van der Waals surface area contributed by atoms with Crippen molar-refractivity contribution in [3.05, 3.63) is 30.3 Å². The predicted octanol–water partition coefficient (Wildman–Crippen LogP) is 4.25. The Labute approximate surface area is 122 Å². The number of hydrogen-bond donors (Lipinski definition) is 1. The van der Waals surface area contributed by atoms with Gasteiger partial charge in [0, 0.05) is 5.69 Å². The molecule has 0 radical (unpaired) electrons. The van der Waals surface area contributed by atoms with E-state index in [9.17, 15) is 4.79 Å². The van der Waals surface area contributed by atoms with E-state index in [-0.39, 0.29) is 12.0 Å². The van der Waals surface area contributed by atoms with E-state index in [1.54, 1.807) is 0 Å². The van der Waals surface area contributed by atoms with Gasteiger partial charge >= 0.3 is 5.97 Å². The first-order valence-corrected chi connectivity index (χ1v) is 7.71. The third-order valence-electron chi connectivity index (χ3n) is 3.56. The van der Waals surface area contributed by atoms with E-state index in [1.165, 1.54) is 0 Å². The number of ether oxygens (including phenoxy) is 1. The van der Waals surface area contributed by atoms with E-state index >= 15 is 0 Å². The number of benzene rings is 1. The predicted molar refractivity (Wildman–Crippen MR) is 83.8 cm³/mol. The van der Waals surface area contributed by atoms with E-state index in [2.05, 4.69) is 19.2 Å². The normalized spacial score (nSPS) is 13.6. The van der Waals surface area contributed by atoms with Crippen molar-refractivity contribution in [1.82, 2.24) is 0 Å². The highest BCUT2D eigenvalue weighted by atomic mass is 16.5. The van der Waals surface area contributed by atoms with E-state index in [0.29, 0.717) is 12.5 Å². The van der Waals surface area contributed by atoms with Crippen LogP contribution in [0.5, 0.6) is 0 Å². The van der Waals surface area contributed by atoms with Gasteiger partial charge in [-0.05, 0) is 31.4 Å². The van der Waals surface area contributed by atoms with Crippen LogP contribution in [0.3, 0.4) is 0 Å². The highest BCUT2D eigenvalue weighted by molar-refractivity contribution is 5.79. The van der Waals surface area contributed by atoms with Crippen molar-refractivity contribution in [2.45, 2.75) is 52.5 Å². The van der Waals surface area contributed by atoms with Gasteiger partial charge < -0.3 is 10.1 Å². The largest absolute Gasteiger partial charge is 0.464 e. The molecule has 0 saturated carbocycles. The SMILES string of the molecule is CCCCC(CC)C(Nc1ccccc1)C(=O)OCC. The van der Waals surface area contributed by atoms with Crippen LogP contribution < -0.4 is 5.32 Å². The second-order valence-corrected chi connectivity index (χ2v) is 5.05. The average Bonchev–Trinajstić information content (AvgIpc) is 2.48. The standard InChI is InChI=1S/C17H27NO2/c1-4-7-11-14(5-2)16(17(19)20-6-3)18-15-12-9-8-10-13-15/h8-10,12-14,16,18H,4-7,11H2,1-3H3. The molecule has 0 spiro atoms. The summed E-state index contributed by atoms with van der Waals surface area (Å²) in [7, 11) is 0. The lowest BCUT2D eigenvalue weighted by molar-refractivity contribution is -0.145. The number of hydrogen-bond acceptors (Lipinski definition) is 3. The molecule has 3 nitrogen and oxygen atoms in total. The third kappa shape index (κ3) is 5.24. The molecule has 112 valence electrons. The van der Waals surface area contributed by atoms with Crippen molar-refractivity contribution < 1.29 is 9.53 Å². The van der Waals surface area contributed by atoms with Crippen LogP contribution in [0.15, 0.2) is 30.3 Å². The van der Waals surface area contributed by atoms with Crippen molar-refractivity contribution in [2.75, 3.05) is 11.9 Å². The van der Waals surface area contributed by atoms with Crippen LogP contribution in [0, 0.1) is 5.92 Å². The summed E-state index contributed by atoms with van der Waals surface area (Å²) in [5.74, 6) is 0.175. The Hall–Kier alpha value is -1.51. The Kier molecular flexibility index (Phi) is 7.78. The van der Waals surface area contributed by atoms with Crippen LogP contribution >= 0.6 is 0 Å². The highest BCUT2D eigenvalue weighted by Crippen LogP contribution is 2.22. The smallest absolute Gasteiger partial charge is 0.328 e. The van der Waals surface area contributed by atoms with Crippen molar-refractivity contribution in [3.63, 3.8) is 0 Å². The Morgan fingerprint density at radius 1 is 1.20 bits per heavy atom. The minimum Gasteiger partial charge on any atom is -0.464 e. The summed E-state index contributed by atoms with van der Waals surface area (Å²) in [5, 5.41) is 3.35. The highest BCUT2D eigenvalue weighted by Gasteiger charge is 2.27. The fourth-order valence-electron chi connectivity index (χ4n) is 2.39. The number of para-hydroxylation sites is 1. The second kappa shape index (κ2) is 9.40. The summed E-state index contributed by atoms with van der Waals surface area (Å²) in [5.41, 5.74) is 0.973. The molecule has 1 aromatic rings. The zero-order chi connectivity index (χ0) is 14.8. The van der Waals surface area contributed by atoms with Gasteiger partial charge in [-0.25, -0.2) is 4.79 Å². The molecule has 3 heteroatoms. The van der Waals surface area contributed by atoms with E-state index in [0.717, 1.165) is 31.4 Å². The molecular weight excluding hydrogens is 250 g/mol. The summed E-state index contributed by atoms with van der Waals surface area (Å²) in [6.07, 6.45) is 4.32. The quantitative estimate of drug-likeness (QED) is 0.686. The van der Waals surface area contributed by atoms with Gasteiger partial charge in [0.2, 0.25) is 0 Å². The number of anilines is 1. The van der Waals surface area contributed by atoms with E-state index < -0.39 is 0 Å². The molecule has 0 heterocycles. The molecule has 0 fully saturated rings. The molecule has 20 heavy (non-hydrogen) atoms. The zero-order valence-corrected chi connectivity index (χ0v) is 12.9. The lowest BCUT2D eigenvalue weighted by atomic mass is 9.91. The molecule has 0 aromatic heterocycles. The molecule has 2 unspecified atom stereocenters. The summed E-state index contributed by atoms with van der Waals surface area (Å²) in [6, 6.07) is 9.62. The maximum Gasteiger partial charge on any atom is 0.328 e. The van der Waals surface area contributed by atoms with Gasteiger partial charge in [-0.3, -0.25) is 0 Å². The Bertz CT molecular complexity index is 378. The second-order valence-electron chi connectivity index (χ2n) is 5.05. The molecule has 0 aliphatic heterocycles. The van der Waals surface area contributed by atoms with Crippen molar-refractivity contribution >= 4 is 11.7 Å². The van der Waals surface area contributed by atoms with Crippen LogP contribution in [0.1, 0.15) is 46.5 Å². The zero-order valence-electron chi connectivity index (χ0n) is 12.9. The first kappa shape index (κ1) is 16.5. The number of unbranched alkanes of at least 4 members (excludes halogenated alkanes) is 1. The monoisotopic (exact) mass is 277 g/mol. The Morgan fingerprint density at radius 3 is 2.45 bits per heavy atom. The first-order chi connectivity index (χ1) is 9.72. The third-order valence-corrected chi connectivity index (χ3v) is 3.56. The van der Waals surface area contributed by atoms with Gasteiger partial charge in [0.05, 0.1) is 6.61 Å². The fourth-order valence-corrected chi connectivity index (χ4v) is 2.39. The lowest BCUT2D eigenvalue weighted by Gasteiger charge is -2.26. The number of nitrogens with one attached hydrogen (secondary N) is 1. The van der Waals surface area contributed by atoms with Crippen molar-refractivity contribution in [1.29, 1.82) is 0 Å². The van der Waals surface area contributed by atoms with Crippen LogP contribution in [-0.4, -0.2) is 18.6 Å². The molecule has 1 rings (SSSR count). The fraction of sp³-hybridized carbons (Fsp3) is 0.588. The van der Waals surface area contributed by atoms with Crippen LogP contribution in [0.25, 0.3) is 0 Å². The lowest BCUT2D eigenvalue weighted by Crippen LogP contribution is -2.38. The minimum atomic E-state index is -0.256. The Balaban J connectivity index is 2.80. The molecule has 1 N–H and O–H groups in total.